The minimum Gasteiger partial charge on any atom is -0.312 e. The van der Waals surface area contributed by atoms with Crippen LogP contribution in [0.2, 0.25) is 0 Å². The summed E-state index contributed by atoms with van der Waals surface area (Å²) in [6.45, 7) is 12.8. The molecule has 0 N–H and O–H groups in total. The van der Waals surface area contributed by atoms with Gasteiger partial charge < -0.3 is 4.57 Å². The fourth-order valence-electron chi connectivity index (χ4n) is 3.61. The molecule has 0 saturated carbocycles. The van der Waals surface area contributed by atoms with E-state index in [1.807, 2.05) is 18.4 Å². The van der Waals surface area contributed by atoms with Crippen molar-refractivity contribution in [2.24, 2.45) is 4.99 Å². The van der Waals surface area contributed by atoms with E-state index in [2.05, 4.69) is 23.7 Å². The van der Waals surface area contributed by atoms with Gasteiger partial charge in [0, 0.05) is 25.2 Å². The molecule has 0 aliphatic rings. The Morgan fingerprint density at radius 3 is 2.39 bits per heavy atom. The summed E-state index contributed by atoms with van der Waals surface area (Å²) >= 11 is 1.46. The predicted octanol–water partition coefficient (Wildman–Crippen LogP) is 4.28. The SMILES string of the molecule is C=CCn1c(=NC(=O)c2ccc(S(=O)(=O)N(CC)CC)cc2)sc2cc(C)cc(C)c21. The van der Waals surface area contributed by atoms with E-state index in [4.69, 9.17) is 0 Å². The van der Waals surface area contributed by atoms with Gasteiger partial charge in [0.25, 0.3) is 5.91 Å². The number of allylic oxidation sites excluding steroid dienone is 1. The lowest BCUT2D eigenvalue weighted by molar-refractivity contribution is 0.0997. The van der Waals surface area contributed by atoms with Gasteiger partial charge in [0.1, 0.15) is 0 Å². The molecule has 1 amide bonds. The second-order valence-corrected chi connectivity index (χ2v) is 10.2. The normalized spacial score (nSPS) is 12.6. The van der Waals surface area contributed by atoms with E-state index in [9.17, 15) is 13.2 Å². The van der Waals surface area contributed by atoms with Crippen LogP contribution in [0.5, 0.6) is 0 Å². The van der Waals surface area contributed by atoms with Crippen molar-refractivity contribution in [3.05, 3.63) is 70.5 Å². The topological polar surface area (TPSA) is 71.7 Å². The van der Waals surface area contributed by atoms with Gasteiger partial charge in [0.15, 0.2) is 4.80 Å². The minimum atomic E-state index is -3.56. The van der Waals surface area contributed by atoms with Crippen LogP contribution < -0.4 is 4.80 Å². The molecule has 0 aliphatic heterocycles. The fraction of sp³-hybridized carbons (Fsp3) is 0.304. The number of hydrogen-bond donors (Lipinski definition) is 0. The molecule has 1 heterocycles. The number of rotatable bonds is 7. The van der Waals surface area contributed by atoms with E-state index in [1.165, 1.54) is 39.9 Å². The average molecular weight is 458 g/mol. The van der Waals surface area contributed by atoms with Crippen LogP contribution in [0.15, 0.2) is 58.9 Å². The van der Waals surface area contributed by atoms with E-state index in [1.54, 1.807) is 19.9 Å². The van der Waals surface area contributed by atoms with Crippen molar-refractivity contribution in [3.8, 4) is 0 Å². The highest BCUT2D eigenvalue weighted by atomic mass is 32.2. The molecule has 164 valence electrons. The van der Waals surface area contributed by atoms with Gasteiger partial charge in [-0.1, -0.05) is 37.3 Å². The second kappa shape index (κ2) is 9.30. The quantitative estimate of drug-likeness (QED) is 0.497. The van der Waals surface area contributed by atoms with Crippen molar-refractivity contribution in [2.45, 2.75) is 39.1 Å². The van der Waals surface area contributed by atoms with Gasteiger partial charge >= 0.3 is 0 Å². The molecule has 8 heteroatoms. The van der Waals surface area contributed by atoms with Crippen LogP contribution in [0.1, 0.15) is 35.3 Å². The third-order valence-corrected chi connectivity index (χ3v) is 8.15. The lowest BCUT2D eigenvalue weighted by Gasteiger charge is -2.18. The number of aromatic nitrogens is 1. The molecule has 0 aliphatic carbocycles. The zero-order valence-electron chi connectivity index (χ0n) is 18.3. The zero-order chi connectivity index (χ0) is 22.8. The molecular formula is C23H27N3O3S2. The minimum absolute atomic E-state index is 0.169. The average Bonchev–Trinajstić information content (AvgIpc) is 3.06. The molecule has 0 radical (unpaired) electrons. The monoisotopic (exact) mass is 457 g/mol. The van der Waals surface area contributed by atoms with Crippen molar-refractivity contribution in [1.29, 1.82) is 0 Å². The van der Waals surface area contributed by atoms with Crippen LogP contribution in [0.4, 0.5) is 0 Å². The maximum Gasteiger partial charge on any atom is 0.279 e. The molecule has 1 aromatic heterocycles. The molecule has 0 fully saturated rings. The van der Waals surface area contributed by atoms with Crippen LogP contribution in [0.25, 0.3) is 10.2 Å². The first kappa shape index (κ1) is 23.1. The number of sulfonamides is 1. The summed E-state index contributed by atoms with van der Waals surface area (Å²) in [5.74, 6) is -0.412. The molecule has 0 spiro atoms. The van der Waals surface area contributed by atoms with Gasteiger partial charge in [-0.15, -0.1) is 6.58 Å². The molecule has 3 rings (SSSR count). The van der Waals surface area contributed by atoms with Gasteiger partial charge in [-0.3, -0.25) is 4.79 Å². The Morgan fingerprint density at radius 2 is 1.81 bits per heavy atom. The molecule has 31 heavy (non-hydrogen) atoms. The lowest BCUT2D eigenvalue weighted by atomic mass is 10.1. The van der Waals surface area contributed by atoms with Gasteiger partial charge in [-0.25, -0.2) is 8.42 Å². The first-order chi connectivity index (χ1) is 14.7. The van der Waals surface area contributed by atoms with Crippen LogP contribution >= 0.6 is 11.3 Å². The third kappa shape index (κ3) is 4.56. The summed E-state index contributed by atoms with van der Waals surface area (Å²) in [4.78, 5) is 18.0. The highest BCUT2D eigenvalue weighted by Crippen LogP contribution is 2.23. The number of carbonyl (C=O) groups is 1. The first-order valence-corrected chi connectivity index (χ1v) is 12.4. The Hall–Kier alpha value is -2.55. The summed E-state index contributed by atoms with van der Waals surface area (Å²) in [5, 5.41) is 0. The largest absolute Gasteiger partial charge is 0.312 e. The Labute approximate surface area is 187 Å². The number of hydrogen-bond acceptors (Lipinski definition) is 4. The van der Waals surface area contributed by atoms with Crippen molar-refractivity contribution in [1.82, 2.24) is 8.87 Å². The molecule has 0 atom stereocenters. The molecule has 2 aromatic carbocycles. The van der Waals surface area contributed by atoms with Crippen molar-refractivity contribution >= 4 is 37.5 Å². The number of thiazole rings is 1. The molecule has 6 nitrogen and oxygen atoms in total. The number of carbonyl (C=O) groups excluding carboxylic acids is 1. The van der Waals surface area contributed by atoms with Gasteiger partial charge in [-0.2, -0.15) is 9.30 Å². The Morgan fingerprint density at radius 1 is 1.16 bits per heavy atom. The Kier molecular flexibility index (Phi) is 6.93. The van der Waals surface area contributed by atoms with E-state index in [-0.39, 0.29) is 4.90 Å². The number of benzene rings is 2. The first-order valence-electron chi connectivity index (χ1n) is 10.1. The van der Waals surface area contributed by atoms with E-state index in [0.29, 0.717) is 30.0 Å². The fourth-order valence-corrected chi connectivity index (χ4v) is 6.28. The number of aryl methyl sites for hydroxylation is 2. The predicted molar refractivity (Wildman–Crippen MR) is 126 cm³/mol. The summed E-state index contributed by atoms with van der Waals surface area (Å²) in [6, 6.07) is 10.2. The summed E-state index contributed by atoms with van der Waals surface area (Å²) in [7, 11) is -3.56. The summed E-state index contributed by atoms with van der Waals surface area (Å²) < 4.78 is 29.7. The van der Waals surface area contributed by atoms with Crippen molar-refractivity contribution in [3.63, 3.8) is 0 Å². The third-order valence-electron chi connectivity index (χ3n) is 5.07. The van der Waals surface area contributed by atoms with Crippen LogP contribution in [0, 0.1) is 13.8 Å². The highest BCUT2D eigenvalue weighted by molar-refractivity contribution is 7.89. The van der Waals surface area contributed by atoms with Gasteiger partial charge in [0.2, 0.25) is 10.0 Å². The van der Waals surface area contributed by atoms with E-state index >= 15 is 0 Å². The molecular weight excluding hydrogens is 430 g/mol. The Balaban J connectivity index is 2.03. The second-order valence-electron chi connectivity index (χ2n) is 7.24. The van der Waals surface area contributed by atoms with Crippen LogP contribution in [-0.4, -0.2) is 36.3 Å². The number of fused-ring (bicyclic) bond motifs is 1. The van der Waals surface area contributed by atoms with Crippen molar-refractivity contribution in [2.75, 3.05) is 13.1 Å². The van der Waals surface area contributed by atoms with Crippen molar-refractivity contribution < 1.29 is 13.2 Å². The maximum absolute atomic E-state index is 12.8. The molecule has 0 bridgehead atoms. The smallest absolute Gasteiger partial charge is 0.279 e. The van der Waals surface area contributed by atoms with E-state index in [0.717, 1.165) is 21.3 Å². The highest BCUT2D eigenvalue weighted by Gasteiger charge is 2.21. The van der Waals surface area contributed by atoms with Crippen LogP contribution in [0.3, 0.4) is 0 Å². The van der Waals surface area contributed by atoms with Gasteiger partial charge in [-0.05, 0) is 55.3 Å². The standard InChI is InChI=1S/C23H27N3O3S2/c1-6-13-26-21-17(5)14-16(4)15-20(21)30-23(26)24-22(27)18-9-11-19(12-10-18)31(28,29)25(7-2)8-3/h6,9-12,14-15H,1,7-8,13H2,2-5H3. The Bertz CT molecular complexity index is 1300. The molecule has 0 saturated heterocycles. The summed E-state index contributed by atoms with van der Waals surface area (Å²) in [6.07, 6.45) is 1.78. The zero-order valence-corrected chi connectivity index (χ0v) is 19.9. The van der Waals surface area contributed by atoms with Crippen LogP contribution in [-0.2, 0) is 16.6 Å². The molecule has 0 unspecified atom stereocenters. The number of nitrogens with zero attached hydrogens (tertiary/aromatic N) is 3. The maximum atomic E-state index is 12.8. The molecule has 3 aromatic rings. The summed E-state index contributed by atoms with van der Waals surface area (Å²) in [5.41, 5.74) is 3.66. The lowest BCUT2D eigenvalue weighted by Crippen LogP contribution is -2.30. The van der Waals surface area contributed by atoms with Gasteiger partial charge in [0.05, 0.1) is 15.1 Å². The van der Waals surface area contributed by atoms with E-state index < -0.39 is 15.9 Å². The number of amides is 1.